The van der Waals surface area contributed by atoms with Gasteiger partial charge >= 0.3 is 0 Å². The van der Waals surface area contributed by atoms with Crippen molar-refractivity contribution < 1.29 is 0 Å². The first-order chi connectivity index (χ1) is 9.69. The molecule has 0 bridgehead atoms. The second kappa shape index (κ2) is 9.75. The van der Waals surface area contributed by atoms with Gasteiger partial charge in [0.2, 0.25) is 17.2 Å². The van der Waals surface area contributed by atoms with E-state index < -0.39 is 0 Å². The van der Waals surface area contributed by atoms with Gasteiger partial charge in [-0.25, -0.2) is 0 Å². The lowest BCUT2D eigenvalue weighted by atomic mass is 9.99. The van der Waals surface area contributed by atoms with Crippen molar-refractivity contribution in [2.45, 2.75) is 52.9 Å². The molecule has 1 atom stereocenters. The molecule has 0 saturated heterocycles. The molecule has 0 fully saturated rings. The third-order valence-electron chi connectivity index (χ3n) is 3.23. The lowest BCUT2D eigenvalue weighted by Crippen LogP contribution is -2.16. The van der Waals surface area contributed by atoms with Gasteiger partial charge in [-0.3, -0.25) is 0 Å². The molecule has 6 heteroatoms. The Morgan fingerprint density at radius 3 is 2.30 bits per heavy atom. The first-order valence-corrected chi connectivity index (χ1v) is 7.96. The highest BCUT2D eigenvalue weighted by Gasteiger charge is 2.08. The van der Waals surface area contributed by atoms with E-state index in [9.17, 15) is 0 Å². The predicted molar refractivity (Wildman–Crippen MR) is 85.4 cm³/mol. The SMILES string of the molecule is CCCCC(CC)CNc1nc(Cl)nc(NCCC)n1. The maximum absolute atomic E-state index is 5.92. The molecule has 0 aromatic carbocycles. The molecular weight excluding hydrogens is 274 g/mol. The normalized spacial score (nSPS) is 12.2. The van der Waals surface area contributed by atoms with E-state index in [0.717, 1.165) is 25.9 Å². The third kappa shape index (κ3) is 6.37. The maximum atomic E-state index is 5.92. The van der Waals surface area contributed by atoms with Crippen LogP contribution < -0.4 is 10.6 Å². The quantitative estimate of drug-likeness (QED) is 0.684. The number of anilines is 2. The standard InChI is InChI=1S/C14H26ClN5/c1-4-7-8-11(6-3)10-17-14-19-12(15)18-13(20-14)16-9-5-2/h11H,4-10H2,1-3H3,(H2,16,17,18,19,20). The highest BCUT2D eigenvalue weighted by atomic mass is 35.5. The molecule has 0 spiro atoms. The van der Waals surface area contributed by atoms with E-state index in [-0.39, 0.29) is 5.28 Å². The van der Waals surface area contributed by atoms with Gasteiger partial charge < -0.3 is 10.6 Å². The van der Waals surface area contributed by atoms with Crippen LogP contribution in [0, 0.1) is 5.92 Å². The average molecular weight is 300 g/mol. The van der Waals surface area contributed by atoms with Gasteiger partial charge in [0.1, 0.15) is 0 Å². The summed E-state index contributed by atoms with van der Waals surface area (Å²) < 4.78 is 0. The van der Waals surface area contributed by atoms with Crippen LogP contribution in [0.15, 0.2) is 0 Å². The van der Waals surface area contributed by atoms with E-state index in [4.69, 9.17) is 11.6 Å². The van der Waals surface area contributed by atoms with Gasteiger partial charge in [0, 0.05) is 13.1 Å². The van der Waals surface area contributed by atoms with E-state index in [1.807, 2.05) is 0 Å². The Hall–Kier alpha value is -1.10. The smallest absolute Gasteiger partial charge is 0.228 e. The Kier molecular flexibility index (Phi) is 8.26. The molecule has 0 aliphatic rings. The zero-order valence-electron chi connectivity index (χ0n) is 12.7. The first kappa shape index (κ1) is 17.0. The number of nitrogens with zero attached hydrogens (tertiary/aromatic N) is 3. The van der Waals surface area contributed by atoms with E-state index in [0.29, 0.717) is 17.8 Å². The van der Waals surface area contributed by atoms with Crippen molar-refractivity contribution in [3.05, 3.63) is 5.28 Å². The Labute approximate surface area is 127 Å². The fourth-order valence-electron chi connectivity index (χ4n) is 1.92. The minimum Gasteiger partial charge on any atom is -0.354 e. The molecule has 2 N–H and O–H groups in total. The zero-order valence-corrected chi connectivity index (χ0v) is 13.5. The summed E-state index contributed by atoms with van der Waals surface area (Å²) in [7, 11) is 0. The molecule has 0 radical (unpaired) electrons. The summed E-state index contributed by atoms with van der Waals surface area (Å²) in [6.45, 7) is 8.24. The van der Waals surface area contributed by atoms with Crippen LogP contribution >= 0.6 is 11.6 Å². The van der Waals surface area contributed by atoms with E-state index in [1.54, 1.807) is 0 Å². The van der Waals surface area contributed by atoms with Crippen LogP contribution in [0.5, 0.6) is 0 Å². The lowest BCUT2D eigenvalue weighted by Gasteiger charge is -2.15. The second-order valence-corrected chi connectivity index (χ2v) is 5.31. The monoisotopic (exact) mass is 299 g/mol. The number of hydrogen-bond donors (Lipinski definition) is 2. The van der Waals surface area contributed by atoms with Crippen molar-refractivity contribution in [2.24, 2.45) is 5.92 Å². The second-order valence-electron chi connectivity index (χ2n) is 4.98. The average Bonchev–Trinajstić information content (AvgIpc) is 2.45. The number of halogens is 1. The molecule has 1 aromatic heterocycles. The number of nitrogens with one attached hydrogen (secondary N) is 2. The predicted octanol–water partition coefficient (Wildman–Crippen LogP) is 3.98. The fraction of sp³-hybridized carbons (Fsp3) is 0.786. The summed E-state index contributed by atoms with van der Waals surface area (Å²) in [6.07, 6.45) is 5.91. The molecule has 0 aliphatic heterocycles. The summed E-state index contributed by atoms with van der Waals surface area (Å²) >= 11 is 5.92. The molecule has 0 amide bonds. The van der Waals surface area contributed by atoms with Crippen molar-refractivity contribution in [2.75, 3.05) is 23.7 Å². The lowest BCUT2D eigenvalue weighted by molar-refractivity contribution is 0.471. The number of unbranched alkanes of at least 4 members (excludes halogenated alkanes) is 1. The molecule has 1 heterocycles. The van der Waals surface area contributed by atoms with Crippen molar-refractivity contribution >= 4 is 23.5 Å². The zero-order chi connectivity index (χ0) is 14.8. The van der Waals surface area contributed by atoms with Gasteiger partial charge in [0.15, 0.2) is 0 Å². The molecule has 0 saturated carbocycles. The number of aromatic nitrogens is 3. The largest absolute Gasteiger partial charge is 0.354 e. The molecule has 114 valence electrons. The Balaban J connectivity index is 2.55. The maximum Gasteiger partial charge on any atom is 0.228 e. The highest BCUT2D eigenvalue weighted by Crippen LogP contribution is 2.14. The van der Waals surface area contributed by atoms with Crippen LogP contribution in [0.4, 0.5) is 11.9 Å². The summed E-state index contributed by atoms with van der Waals surface area (Å²) in [5.41, 5.74) is 0. The Morgan fingerprint density at radius 2 is 1.70 bits per heavy atom. The highest BCUT2D eigenvalue weighted by molar-refractivity contribution is 6.28. The van der Waals surface area contributed by atoms with Crippen molar-refractivity contribution in [3.8, 4) is 0 Å². The summed E-state index contributed by atoms with van der Waals surface area (Å²) in [5, 5.41) is 6.63. The molecule has 0 aliphatic carbocycles. The first-order valence-electron chi connectivity index (χ1n) is 7.58. The Morgan fingerprint density at radius 1 is 1.00 bits per heavy atom. The van der Waals surface area contributed by atoms with Gasteiger partial charge in [-0.2, -0.15) is 15.0 Å². The minimum atomic E-state index is 0.225. The van der Waals surface area contributed by atoms with Crippen LogP contribution in [-0.4, -0.2) is 28.0 Å². The molecule has 1 aromatic rings. The Bertz CT molecular complexity index is 386. The summed E-state index contributed by atoms with van der Waals surface area (Å²) in [4.78, 5) is 12.5. The van der Waals surface area contributed by atoms with Crippen LogP contribution in [-0.2, 0) is 0 Å². The number of hydrogen-bond acceptors (Lipinski definition) is 5. The van der Waals surface area contributed by atoms with Crippen molar-refractivity contribution in [3.63, 3.8) is 0 Å². The fourth-order valence-corrected chi connectivity index (χ4v) is 2.08. The van der Waals surface area contributed by atoms with Gasteiger partial charge in [-0.1, -0.05) is 40.0 Å². The molecule has 20 heavy (non-hydrogen) atoms. The molecular formula is C14H26ClN5. The molecule has 1 unspecified atom stereocenters. The molecule has 5 nitrogen and oxygen atoms in total. The van der Waals surface area contributed by atoms with Gasteiger partial charge in [-0.05, 0) is 30.4 Å². The van der Waals surface area contributed by atoms with Gasteiger partial charge in [0.05, 0.1) is 0 Å². The summed E-state index contributed by atoms with van der Waals surface area (Å²) in [6, 6.07) is 0. The van der Waals surface area contributed by atoms with Crippen molar-refractivity contribution in [1.82, 2.24) is 15.0 Å². The molecule has 1 rings (SSSR count). The van der Waals surface area contributed by atoms with Crippen LogP contribution in [0.2, 0.25) is 5.28 Å². The minimum absolute atomic E-state index is 0.225. The number of rotatable bonds is 10. The van der Waals surface area contributed by atoms with Crippen LogP contribution in [0.3, 0.4) is 0 Å². The van der Waals surface area contributed by atoms with E-state index in [2.05, 4.69) is 46.4 Å². The van der Waals surface area contributed by atoms with Crippen LogP contribution in [0.25, 0.3) is 0 Å². The topological polar surface area (TPSA) is 62.7 Å². The van der Waals surface area contributed by atoms with Gasteiger partial charge in [-0.15, -0.1) is 0 Å². The summed E-state index contributed by atoms with van der Waals surface area (Å²) in [5.74, 6) is 1.74. The van der Waals surface area contributed by atoms with E-state index in [1.165, 1.54) is 19.3 Å². The van der Waals surface area contributed by atoms with Crippen molar-refractivity contribution in [1.29, 1.82) is 0 Å². The van der Waals surface area contributed by atoms with Crippen LogP contribution in [0.1, 0.15) is 52.9 Å². The van der Waals surface area contributed by atoms with E-state index >= 15 is 0 Å². The van der Waals surface area contributed by atoms with Gasteiger partial charge in [0.25, 0.3) is 0 Å². The third-order valence-corrected chi connectivity index (χ3v) is 3.40.